The van der Waals surface area contributed by atoms with Gasteiger partial charge in [0.05, 0.1) is 23.3 Å². The molecule has 23 heavy (non-hydrogen) atoms. The number of hydrogen-bond donors (Lipinski definition) is 1. The predicted molar refractivity (Wildman–Crippen MR) is 87.3 cm³/mol. The van der Waals surface area contributed by atoms with E-state index < -0.39 is 15.7 Å². The first-order valence-electron chi connectivity index (χ1n) is 6.60. The van der Waals surface area contributed by atoms with Crippen molar-refractivity contribution < 1.29 is 17.9 Å². The number of sulfone groups is 1. The minimum absolute atomic E-state index is 0.139. The van der Waals surface area contributed by atoms with Gasteiger partial charge in [0.1, 0.15) is 16.8 Å². The molecule has 1 aromatic carbocycles. The summed E-state index contributed by atoms with van der Waals surface area (Å²) in [6.45, 7) is 0. The van der Waals surface area contributed by atoms with E-state index in [2.05, 4.69) is 5.32 Å². The lowest BCUT2D eigenvalue weighted by molar-refractivity contribution is -0.115. The minimum Gasteiger partial charge on any atom is -0.497 e. The van der Waals surface area contributed by atoms with Crippen molar-refractivity contribution in [1.29, 1.82) is 5.26 Å². The molecule has 0 fully saturated rings. The van der Waals surface area contributed by atoms with E-state index in [4.69, 9.17) is 10.00 Å². The summed E-state index contributed by atoms with van der Waals surface area (Å²) in [5.74, 6) is -0.192. The van der Waals surface area contributed by atoms with E-state index in [9.17, 15) is 13.2 Å². The zero-order valence-electron chi connectivity index (χ0n) is 12.3. The Labute approximate surface area is 138 Å². The van der Waals surface area contributed by atoms with E-state index in [1.54, 1.807) is 23.6 Å². The molecule has 0 bridgehead atoms. The number of carbonyl (C=O) groups excluding carboxylic acids is 1. The molecule has 1 amide bonds. The van der Waals surface area contributed by atoms with Gasteiger partial charge < -0.3 is 10.1 Å². The fourth-order valence-electron chi connectivity index (χ4n) is 1.81. The van der Waals surface area contributed by atoms with Gasteiger partial charge in [0.15, 0.2) is 9.84 Å². The lowest BCUT2D eigenvalue weighted by Gasteiger charge is -2.06. The molecule has 0 saturated carbocycles. The lowest BCUT2D eigenvalue weighted by atomic mass is 10.3. The molecule has 0 saturated heterocycles. The van der Waals surface area contributed by atoms with Crippen LogP contribution in [0.5, 0.6) is 5.75 Å². The van der Waals surface area contributed by atoms with Gasteiger partial charge in [-0.1, -0.05) is 0 Å². The SMILES string of the molecule is COc1ccc(S(=O)(=O)CCC(=O)Nc2sccc2C#N)cc1. The Morgan fingerprint density at radius 1 is 1.30 bits per heavy atom. The van der Waals surface area contributed by atoms with Crippen molar-refractivity contribution in [3.8, 4) is 11.8 Å². The maximum Gasteiger partial charge on any atom is 0.226 e. The number of rotatable bonds is 6. The molecule has 0 unspecified atom stereocenters. The molecular formula is C15H14N2O4S2. The summed E-state index contributed by atoms with van der Waals surface area (Å²) in [4.78, 5) is 12.0. The van der Waals surface area contributed by atoms with Crippen LogP contribution < -0.4 is 10.1 Å². The van der Waals surface area contributed by atoms with Gasteiger partial charge in [0.2, 0.25) is 5.91 Å². The topological polar surface area (TPSA) is 96.3 Å². The average Bonchev–Trinajstić information content (AvgIpc) is 3.00. The molecule has 1 aromatic heterocycles. The highest BCUT2D eigenvalue weighted by molar-refractivity contribution is 7.91. The highest BCUT2D eigenvalue weighted by Crippen LogP contribution is 2.22. The van der Waals surface area contributed by atoms with Crippen molar-refractivity contribution in [2.75, 3.05) is 18.2 Å². The van der Waals surface area contributed by atoms with Crippen LogP contribution in [0.1, 0.15) is 12.0 Å². The molecule has 0 aliphatic heterocycles. The fourth-order valence-corrected chi connectivity index (χ4v) is 3.81. The summed E-state index contributed by atoms with van der Waals surface area (Å²) < 4.78 is 29.4. The van der Waals surface area contributed by atoms with Crippen molar-refractivity contribution in [3.05, 3.63) is 41.3 Å². The fraction of sp³-hybridized carbons (Fsp3) is 0.200. The van der Waals surface area contributed by atoms with Crippen molar-refractivity contribution in [2.24, 2.45) is 0 Å². The molecule has 120 valence electrons. The summed E-state index contributed by atoms with van der Waals surface area (Å²) in [7, 11) is -2.06. The second-order valence-corrected chi connectivity index (χ2v) is 7.59. The second-order valence-electron chi connectivity index (χ2n) is 4.57. The Kier molecular flexibility index (Phi) is 5.36. The van der Waals surface area contributed by atoms with Gasteiger partial charge in [-0.2, -0.15) is 5.26 Å². The van der Waals surface area contributed by atoms with Crippen LogP contribution in [0.15, 0.2) is 40.6 Å². The number of benzene rings is 1. The standard InChI is InChI=1S/C15H14N2O4S2/c1-21-12-2-4-13(5-3-12)23(19,20)9-7-14(18)17-15-11(10-16)6-8-22-15/h2-6,8H,7,9H2,1H3,(H,17,18). The monoisotopic (exact) mass is 350 g/mol. The molecule has 2 aromatic rings. The van der Waals surface area contributed by atoms with Crippen LogP contribution in [0.25, 0.3) is 0 Å². The molecule has 0 spiro atoms. The summed E-state index contributed by atoms with van der Waals surface area (Å²) in [5.41, 5.74) is 0.362. The molecular weight excluding hydrogens is 336 g/mol. The lowest BCUT2D eigenvalue weighted by Crippen LogP contribution is -2.17. The number of thiophene rings is 1. The number of carbonyl (C=O) groups is 1. The van der Waals surface area contributed by atoms with E-state index in [-0.39, 0.29) is 17.1 Å². The van der Waals surface area contributed by atoms with E-state index >= 15 is 0 Å². The molecule has 1 heterocycles. The Morgan fingerprint density at radius 3 is 2.61 bits per heavy atom. The van der Waals surface area contributed by atoms with Gasteiger partial charge in [-0.3, -0.25) is 4.79 Å². The number of ether oxygens (including phenoxy) is 1. The molecule has 8 heteroatoms. The van der Waals surface area contributed by atoms with Gasteiger partial charge in [0, 0.05) is 6.42 Å². The second kappa shape index (κ2) is 7.26. The molecule has 0 radical (unpaired) electrons. The summed E-state index contributed by atoms with van der Waals surface area (Å²) in [5, 5.41) is 13.5. The maximum absolute atomic E-state index is 12.2. The maximum atomic E-state index is 12.2. The number of nitriles is 1. The van der Waals surface area contributed by atoms with Crippen molar-refractivity contribution in [2.45, 2.75) is 11.3 Å². The van der Waals surface area contributed by atoms with Gasteiger partial charge in [0.25, 0.3) is 0 Å². The van der Waals surface area contributed by atoms with E-state index in [0.29, 0.717) is 16.3 Å². The first-order valence-corrected chi connectivity index (χ1v) is 9.13. The number of amides is 1. The zero-order chi connectivity index (χ0) is 16.9. The smallest absolute Gasteiger partial charge is 0.226 e. The van der Waals surface area contributed by atoms with Gasteiger partial charge in [-0.05, 0) is 35.7 Å². The highest BCUT2D eigenvalue weighted by Gasteiger charge is 2.17. The molecule has 0 aliphatic carbocycles. The van der Waals surface area contributed by atoms with E-state index in [1.807, 2.05) is 6.07 Å². The molecule has 1 N–H and O–H groups in total. The summed E-state index contributed by atoms with van der Waals surface area (Å²) in [6.07, 6.45) is -0.183. The first-order chi connectivity index (χ1) is 11.0. The van der Waals surface area contributed by atoms with Crippen LogP contribution in [0.2, 0.25) is 0 Å². The Hall–Kier alpha value is -2.37. The van der Waals surface area contributed by atoms with E-state index in [0.717, 1.165) is 0 Å². The van der Waals surface area contributed by atoms with Crippen molar-refractivity contribution in [1.82, 2.24) is 0 Å². The predicted octanol–water partition coefficient (Wildman–Crippen LogP) is 2.43. The van der Waals surface area contributed by atoms with Crippen molar-refractivity contribution >= 4 is 32.1 Å². The van der Waals surface area contributed by atoms with Crippen molar-refractivity contribution in [3.63, 3.8) is 0 Å². The van der Waals surface area contributed by atoms with Gasteiger partial charge >= 0.3 is 0 Å². The largest absolute Gasteiger partial charge is 0.497 e. The minimum atomic E-state index is -3.55. The third-order valence-corrected chi connectivity index (χ3v) is 5.62. The molecule has 0 aliphatic rings. The number of hydrogen-bond acceptors (Lipinski definition) is 6. The number of nitrogens with one attached hydrogen (secondary N) is 1. The van der Waals surface area contributed by atoms with Crippen LogP contribution in [0, 0.1) is 11.3 Å². The van der Waals surface area contributed by atoms with Crippen LogP contribution in [0.4, 0.5) is 5.00 Å². The van der Waals surface area contributed by atoms with Crippen LogP contribution in [-0.2, 0) is 14.6 Å². The third kappa shape index (κ3) is 4.31. The number of anilines is 1. The van der Waals surface area contributed by atoms with E-state index in [1.165, 1.54) is 30.6 Å². The zero-order valence-corrected chi connectivity index (χ0v) is 13.9. The number of nitrogens with zero attached hydrogens (tertiary/aromatic N) is 1. The quantitative estimate of drug-likeness (QED) is 0.863. The molecule has 0 atom stereocenters. The average molecular weight is 350 g/mol. The van der Waals surface area contributed by atoms with Crippen LogP contribution in [-0.4, -0.2) is 27.2 Å². The van der Waals surface area contributed by atoms with Gasteiger partial charge in [-0.25, -0.2) is 8.42 Å². The Balaban J connectivity index is 1.98. The molecule has 2 rings (SSSR count). The van der Waals surface area contributed by atoms with Gasteiger partial charge in [-0.15, -0.1) is 11.3 Å². The van der Waals surface area contributed by atoms with Crippen LogP contribution in [0.3, 0.4) is 0 Å². The number of methoxy groups -OCH3 is 1. The Bertz CT molecular complexity index is 833. The normalized spacial score (nSPS) is 10.8. The third-order valence-electron chi connectivity index (χ3n) is 3.06. The Morgan fingerprint density at radius 2 is 2.00 bits per heavy atom. The summed E-state index contributed by atoms with van der Waals surface area (Å²) >= 11 is 1.22. The first kappa shape index (κ1) is 17.0. The van der Waals surface area contributed by atoms with Crippen LogP contribution >= 0.6 is 11.3 Å². The highest BCUT2D eigenvalue weighted by atomic mass is 32.2. The summed E-state index contributed by atoms with van der Waals surface area (Å²) in [6, 6.07) is 9.54. The molecule has 6 nitrogen and oxygen atoms in total.